The minimum atomic E-state index is -0.0983. The van der Waals surface area contributed by atoms with Crippen molar-refractivity contribution < 1.29 is 5.11 Å². The van der Waals surface area contributed by atoms with Gasteiger partial charge in [-0.2, -0.15) is 0 Å². The van der Waals surface area contributed by atoms with Crippen LogP contribution >= 0.6 is 0 Å². The Morgan fingerprint density at radius 1 is 1.33 bits per heavy atom. The molecule has 2 rings (SSSR count). The fraction of sp³-hybridized carbons (Fsp3) is 0.462. The van der Waals surface area contributed by atoms with E-state index >= 15 is 0 Å². The molecular formula is C13H18N4O. The molecule has 0 amide bonds. The Balaban J connectivity index is 2.51. The molecule has 0 bridgehead atoms. The lowest BCUT2D eigenvalue weighted by Gasteiger charge is -2.12. The normalized spacial score (nSPS) is 11.2. The fourth-order valence-electron chi connectivity index (χ4n) is 1.84. The summed E-state index contributed by atoms with van der Waals surface area (Å²) < 4.78 is 1.93. The van der Waals surface area contributed by atoms with Gasteiger partial charge in [-0.1, -0.05) is 20.8 Å². The van der Waals surface area contributed by atoms with E-state index < -0.39 is 0 Å². The fourth-order valence-corrected chi connectivity index (χ4v) is 1.84. The van der Waals surface area contributed by atoms with Gasteiger partial charge in [-0.05, 0) is 0 Å². The summed E-state index contributed by atoms with van der Waals surface area (Å²) in [5.41, 5.74) is 1.44. The van der Waals surface area contributed by atoms with Crippen LogP contribution in [0.3, 0.4) is 0 Å². The third-order valence-corrected chi connectivity index (χ3v) is 2.82. The predicted molar refractivity (Wildman–Crippen MR) is 68.5 cm³/mol. The first-order valence-electron chi connectivity index (χ1n) is 6.16. The van der Waals surface area contributed by atoms with Crippen molar-refractivity contribution in [2.24, 2.45) is 0 Å². The van der Waals surface area contributed by atoms with Crippen molar-refractivity contribution in [3.8, 4) is 5.69 Å². The molecule has 2 aromatic heterocycles. The number of rotatable bonds is 4. The van der Waals surface area contributed by atoms with E-state index in [1.54, 1.807) is 12.4 Å². The van der Waals surface area contributed by atoms with E-state index in [2.05, 4.69) is 15.0 Å². The van der Waals surface area contributed by atoms with Crippen molar-refractivity contribution in [3.05, 3.63) is 35.9 Å². The highest BCUT2D eigenvalue weighted by Crippen LogP contribution is 2.17. The molecule has 0 aromatic carbocycles. The summed E-state index contributed by atoms with van der Waals surface area (Å²) in [6.45, 7) is 6.01. The molecule has 0 aliphatic carbocycles. The van der Waals surface area contributed by atoms with Gasteiger partial charge in [-0.3, -0.25) is 0 Å². The highest BCUT2D eigenvalue weighted by Gasteiger charge is 2.12. The minimum Gasteiger partial charge on any atom is -0.390 e. The number of imidazole rings is 1. The standard InChI is InChI=1S/C13H18N4O/c1-4-12-14-5-6-17(12)11-7-15-13(9(2)3)16-10(11)8-18/h5-7,9,18H,4,8H2,1-3H3. The van der Waals surface area contributed by atoms with Crippen LogP contribution in [0, 0.1) is 0 Å². The van der Waals surface area contributed by atoms with E-state index in [-0.39, 0.29) is 12.5 Å². The second-order valence-electron chi connectivity index (χ2n) is 4.44. The first-order chi connectivity index (χ1) is 8.67. The summed E-state index contributed by atoms with van der Waals surface area (Å²) in [6.07, 6.45) is 6.20. The highest BCUT2D eigenvalue weighted by molar-refractivity contribution is 5.36. The Morgan fingerprint density at radius 2 is 2.11 bits per heavy atom. The number of nitrogens with zero attached hydrogens (tertiary/aromatic N) is 4. The van der Waals surface area contributed by atoms with Gasteiger partial charge < -0.3 is 9.67 Å². The summed E-state index contributed by atoms with van der Waals surface area (Å²) >= 11 is 0. The monoisotopic (exact) mass is 246 g/mol. The average Bonchev–Trinajstić information content (AvgIpc) is 2.85. The number of hydrogen-bond donors (Lipinski definition) is 1. The van der Waals surface area contributed by atoms with Crippen molar-refractivity contribution in [1.29, 1.82) is 0 Å². The number of aliphatic hydroxyl groups excluding tert-OH is 1. The van der Waals surface area contributed by atoms with Crippen LogP contribution in [-0.2, 0) is 13.0 Å². The van der Waals surface area contributed by atoms with Crippen LogP contribution in [0.1, 0.15) is 44.0 Å². The van der Waals surface area contributed by atoms with Crippen LogP contribution < -0.4 is 0 Å². The van der Waals surface area contributed by atoms with Gasteiger partial charge in [0, 0.05) is 24.7 Å². The van der Waals surface area contributed by atoms with Gasteiger partial charge in [0.15, 0.2) is 0 Å². The SMILES string of the molecule is CCc1nccn1-c1cnc(C(C)C)nc1CO. The Bertz CT molecular complexity index is 534. The number of hydrogen-bond acceptors (Lipinski definition) is 4. The van der Waals surface area contributed by atoms with Crippen molar-refractivity contribution in [2.75, 3.05) is 0 Å². The molecule has 0 saturated carbocycles. The Hall–Kier alpha value is -1.75. The maximum Gasteiger partial charge on any atom is 0.131 e. The molecule has 1 N–H and O–H groups in total. The third kappa shape index (κ3) is 2.26. The van der Waals surface area contributed by atoms with E-state index in [9.17, 15) is 5.11 Å². The minimum absolute atomic E-state index is 0.0983. The van der Waals surface area contributed by atoms with Crippen LogP contribution in [0.25, 0.3) is 5.69 Å². The van der Waals surface area contributed by atoms with Crippen LogP contribution in [0.2, 0.25) is 0 Å². The molecule has 0 unspecified atom stereocenters. The Morgan fingerprint density at radius 3 is 2.72 bits per heavy atom. The zero-order chi connectivity index (χ0) is 13.1. The van der Waals surface area contributed by atoms with E-state index in [1.165, 1.54) is 0 Å². The van der Waals surface area contributed by atoms with E-state index in [4.69, 9.17) is 0 Å². The lowest BCUT2D eigenvalue weighted by molar-refractivity contribution is 0.275. The van der Waals surface area contributed by atoms with Gasteiger partial charge in [-0.25, -0.2) is 15.0 Å². The second kappa shape index (κ2) is 5.27. The maximum absolute atomic E-state index is 9.46. The number of aliphatic hydroxyl groups is 1. The van der Waals surface area contributed by atoms with E-state index in [1.807, 2.05) is 31.5 Å². The molecule has 96 valence electrons. The Labute approximate surface area is 107 Å². The maximum atomic E-state index is 9.46. The molecule has 2 aromatic rings. The molecule has 5 heteroatoms. The molecule has 0 saturated heterocycles. The summed E-state index contributed by atoms with van der Waals surface area (Å²) in [5, 5.41) is 9.46. The highest BCUT2D eigenvalue weighted by atomic mass is 16.3. The Kier molecular flexibility index (Phi) is 3.72. The smallest absolute Gasteiger partial charge is 0.131 e. The molecule has 0 radical (unpaired) electrons. The van der Waals surface area contributed by atoms with Gasteiger partial charge >= 0.3 is 0 Å². The molecule has 0 spiro atoms. The quantitative estimate of drug-likeness (QED) is 0.894. The first kappa shape index (κ1) is 12.7. The third-order valence-electron chi connectivity index (χ3n) is 2.82. The lowest BCUT2D eigenvalue weighted by Crippen LogP contribution is -2.09. The molecule has 0 aliphatic heterocycles. The zero-order valence-corrected chi connectivity index (χ0v) is 11.0. The molecule has 18 heavy (non-hydrogen) atoms. The van der Waals surface area contributed by atoms with Gasteiger partial charge in [0.25, 0.3) is 0 Å². The second-order valence-corrected chi connectivity index (χ2v) is 4.44. The van der Waals surface area contributed by atoms with Crippen LogP contribution in [0.5, 0.6) is 0 Å². The van der Waals surface area contributed by atoms with E-state index in [0.29, 0.717) is 5.69 Å². The molecule has 0 atom stereocenters. The lowest BCUT2D eigenvalue weighted by atomic mass is 10.2. The van der Waals surface area contributed by atoms with Crippen LogP contribution in [-0.4, -0.2) is 24.6 Å². The summed E-state index contributed by atoms with van der Waals surface area (Å²) in [7, 11) is 0. The van der Waals surface area contributed by atoms with Crippen molar-refractivity contribution >= 4 is 0 Å². The summed E-state index contributed by atoms with van der Waals surface area (Å²) in [4.78, 5) is 13.0. The van der Waals surface area contributed by atoms with Gasteiger partial charge in [0.05, 0.1) is 24.2 Å². The molecular weight excluding hydrogens is 228 g/mol. The van der Waals surface area contributed by atoms with Gasteiger partial charge in [0.1, 0.15) is 11.6 Å². The number of aromatic nitrogens is 4. The van der Waals surface area contributed by atoms with Crippen LogP contribution in [0.15, 0.2) is 18.6 Å². The first-order valence-corrected chi connectivity index (χ1v) is 6.16. The largest absolute Gasteiger partial charge is 0.390 e. The predicted octanol–water partition coefficient (Wildman–Crippen LogP) is 1.84. The number of aryl methyl sites for hydroxylation is 1. The van der Waals surface area contributed by atoms with Crippen LogP contribution in [0.4, 0.5) is 0 Å². The molecule has 0 fully saturated rings. The summed E-state index contributed by atoms with van der Waals surface area (Å²) in [5.74, 6) is 1.93. The van der Waals surface area contributed by atoms with Crippen molar-refractivity contribution in [1.82, 2.24) is 19.5 Å². The van der Waals surface area contributed by atoms with Crippen molar-refractivity contribution in [2.45, 2.75) is 39.7 Å². The molecule has 2 heterocycles. The average molecular weight is 246 g/mol. The molecule has 5 nitrogen and oxygen atoms in total. The van der Waals surface area contributed by atoms with Crippen molar-refractivity contribution in [3.63, 3.8) is 0 Å². The summed E-state index contributed by atoms with van der Waals surface area (Å²) in [6, 6.07) is 0. The molecule has 0 aliphatic rings. The van der Waals surface area contributed by atoms with Gasteiger partial charge in [0.2, 0.25) is 0 Å². The van der Waals surface area contributed by atoms with Gasteiger partial charge in [-0.15, -0.1) is 0 Å². The van der Waals surface area contributed by atoms with E-state index in [0.717, 1.165) is 23.8 Å². The zero-order valence-electron chi connectivity index (χ0n) is 11.0. The topological polar surface area (TPSA) is 63.8 Å².